The number of aryl methyl sites for hydroxylation is 2. The third-order valence-corrected chi connectivity index (χ3v) is 7.66. The highest BCUT2D eigenvalue weighted by Gasteiger charge is 2.45. The maximum absolute atomic E-state index is 13.8. The molecule has 0 aliphatic carbocycles. The number of nitrogens with zero attached hydrogens (tertiary/aromatic N) is 2. The van der Waals surface area contributed by atoms with Crippen molar-refractivity contribution in [3.05, 3.63) is 80.1 Å². The number of anilines is 1. The molecule has 1 atom stereocenters. The van der Waals surface area contributed by atoms with Gasteiger partial charge in [0, 0.05) is 4.88 Å². The van der Waals surface area contributed by atoms with Crippen LogP contribution in [0.5, 0.6) is 11.5 Å². The Labute approximate surface area is 219 Å². The number of para-hydroxylation sites is 1. The molecule has 37 heavy (non-hydrogen) atoms. The van der Waals surface area contributed by atoms with Crippen molar-refractivity contribution in [3.8, 4) is 11.5 Å². The van der Waals surface area contributed by atoms with Gasteiger partial charge >= 0.3 is 0 Å². The van der Waals surface area contributed by atoms with Crippen LogP contribution in [0.25, 0.3) is 11.0 Å². The molecule has 3 heterocycles. The number of thiazole rings is 1. The van der Waals surface area contributed by atoms with Gasteiger partial charge in [0.1, 0.15) is 5.58 Å². The fourth-order valence-corrected chi connectivity index (χ4v) is 5.54. The molecule has 0 saturated carbocycles. The van der Waals surface area contributed by atoms with E-state index in [2.05, 4.69) is 11.9 Å². The predicted molar refractivity (Wildman–Crippen MR) is 145 cm³/mol. The number of hydrogen-bond acceptors (Lipinski definition) is 7. The van der Waals surface area contributed by atoms with Gasteiger partial charge < -0.3 is 13.9 Å². The van der Waals surface area contributed by atoms with Crippen LogP contribution in [0.1, 0.15) is 71.4 Å². The van der Waals surface area contributed by atoms with E-state index in [-0.39, 0.29) is 17.1 Å². The monoisotopic (exact) mass is 518 g/mol. The molecule has 4 aromatic rings. The van der Waals surface area contributed by atoms with E-state index in [0.29, 0.717) is 46.4 Å². The lowest BCUT2D eigenvalue weighted by atomic mass is 9.98. The molecule has 8 heteroatoms. The zero-order valence-electron chi connectivity index (χ0n) is 21.5. The van der Waals surface area contributed by atoms with E-state index in [1.807, 2.05) is 39.0 Å². The lowest BCUT2D eigenvalue weighted by Crippen LogP contribution is -2.29. The van der Waals surface area contributed by atoms with Crippen molar-refractivity contribution in [1.29, 1.82) is 0 Å². The smallest absolute Gasteiger partial charge is 0.297 e. The summed E-state index contributed by atoms with van der Waals surface area (Å²) in [5.74, 6) is 0.893. The third kappa shape index (κ3) is 4.50. The van der Waals surface area contributed by atoms with E-state index in [1.54, 1.807) is 29.2 Å². The largest absolute Gasteiger partial charge is 0.490 e. The molecule has 192 valence electrons. The molecule has 0 N–H and O–H groups in total. The van der Waals surface area contributed by atoms with E-state index in [1.165, 1.54) is 11.3 Å². The van der Waals surface area contributed by atoms with Gasteiger partial charge in [-0.3, -0.25) is 14.5 Å². The highest BCUT2D eigenvalue weighted by Crippen LogP contribution is 2.44. The third-order valence-electron chi connectivity index (χ3n) is 6.59. The van der Waals surface area contributed by atoms with Crippen molar-refractivity contribution >= 4 is 33.3 Å². The van der Waals surface area contributed by atoms with E-state index < -0.39 is 6.04 Å². The fourth-order valence-electron chi connectivity index (χ4n) is 4.61. The number of hydrogen-bond donors (Lipinski definition) is 0. The first-order valence-electron chi connectivity index (χ1n) is 12.7. The van der Waals surface area contributed by atoms with Gasteiger partial charge in [-0.15, -0.1) is 11.3 Å². The molecule has 1 aliphatic rings. The lowest BCUT2D eigenvalue weighted by molar-refractivity contribution is 0.0971. The molecule has 0 unspecified atom stereocenters. The molecule has 0 saturated heterocycles. The van der Waals surface area contributed by atoms with E-state index in [4.69, 9.17) is 13.9 Å². The van der Waals surface area contributed by atoms with Gasteiger partial charge in [-0.1, -0.05) is 38.0 Å². The number of carbonyl (C=O) groups is 1. The van der Waals surface area contributed by atoms with Crippen LogP contribution in [0.3, 0.4) is 0 Å². The van der Waals surface area contributed by atoms with Crippen LogP contribution in [0, 0.1) is 13.8 Å². The van der Waals surface area contributed by atoms with Crippen molar-refractivity contribution in [2.75, 3.05) is 18.1 Å². The summed E-state index contributed by atoms with van der Waals surface area (Å²) in [6.07, 6.45) is 3.16. The van der Waals surface area contributed by atoms with Gasteiger partial charge in [-0.25, -0.2) is 4.98 Å². The van der Waals surface area contributed by atoms with Crippen molar-refractivity contribution < 1.29 is 18.7 Å². The van der Waals surface area contributed by atoms with Gasteiger partial charge in [0.2, 0.25) is 5.76 Å². The summed E-state index contributed by atoms with van der Waals surface area (Å²) in [5, 5.41) is 0.964. The Balaban J connectivity index is 1.67. The number of aromatic nitrogens is 1. The van der Waals surface area contributed by atoms with Gasteiger partial charge in [0.05, 0.1) is 35.9 Å². The molecule has 0 radical (unpaired) electrons. The van der Waals surface area contributed by atoms with Gasteiger partial charge in [-0.2, -0.15) is 0 Å². The average Bonchev–Trinajstić information content (AvgIpc) is 3.38. The number of amides is 1. The summed E-state index contributed by atoms with van der Waals surface area (Å²) in [7, 11) is 0. The minimum atomic E-state index is -0.707. The first-order chi connectivity index (χ1) is 17.9. The van der Waals surface area contributed by atoms with Crippen molar-refractivity contribution in [2.45, 2.75) is 53.0 Å². The Morgan fingerprint density at radius 1 is 1.03 bits per heavy atom. The zero-order chi connectivity index (χ0) is 26.1. The predicted octanol–water partition coefficient (Wildman–Crippen LogP) is 6.58. The Morgan fingerprint density at radius 2 is 1.84 bits per heavy atom. The lowest BCUT2D eigenvalue weighted by Gasteiger charge is -2.23. The molecule has 1 amide bonds. The molecule has 0 spiro atoms. The first-order valence-corrected chi connectivity index (χ1v) is 13.5. The van der Waals surface area contributed by atoms with E-state index in [0.717, 1.165) is 35.4 Å². The summed E-state index contributed by atoms with van der Waals surface area (Å²) >= 11 is 1.42. The number of carbonyl (C=O) groups excluding carboxylic acids is 1. The average molecular weight is 519 g/mol. The van der Waals surface area contributed by atoms with Crippen LogP contribution in [-0.2, 0) is 0 Å². The van der Waals surface area contributed by atoms with Crippen LogP contribution < -0.4 is 19.8 Å². The van der Waals surface area contributed by atoms with E-state index in [9.17, 15) is 9.59 Å². The second-order valence-corrected chi connectivity index (χ2v) is 10.3. The first kappa shape index (κ1) is 25.0. The zero-order valence-corrected chi connectivity index (χ0v) is 22.3. The second-order valence-electron chi connectivity index (χ2n) is 9.08. The number of benzene rings is 2. The quantitative estimate of drug-likeness (QED) is 0.233. The van der Waals surface area contributed by atoms with Crippen LogP contribution in [0.15, 0.2) is 51.7 Å². The molecule has 7 nitrogen and oxygen atoms in total. The van der Waals surface area contributed by atoms with Gasteiger partial charge in [0.15, 0.2) is 22.1 Å². The molecule has 0 fully saturated rings. The summed E-state index contributed by atoms with van der Waals surface area (Å²) < 4.78 is 18.0. The molecule has 2 aromatic heterocycles. The molecular formula is C29H30N2O5S. The maximum atomic E-state index is 13.8. The van der Waals surface area contributed by atoms with Crippen LogP contribution >= 0.6 is 11.3 Å². The number of rotatable bonds is 9. The van der Waals surface area contributed by atoms with Gasteiger partial charge in [-0.05, 0) is 57.0 Å². The van der Waals surface area contributed by atoms with Crippen LogP contribution in [-0.4, -0.2) is 24.1 Å². The molecular weight excluding hydrogens is 488 g/mol. The summed E-state index contributed by atoms with van der Waals surface area (Å²) in [4.78, 5) is 34.8. The number of fused-ring (bicyclic) bond motifs is 2. The standard InChI is InChI=1S/C29H30N2O5S/c1-5-7-10-15-35-22-14-13-19(16-23(22)34-6-2)25-24-26(32)20-11-8-9-12-21(20)36-27(24)28(33)31(25)29-30-17(3)18(4)37-29/h8-9,11-14,16,25H,5-7,10,15H2,1-4H3/t25-/m1/s1. The molecule has 0 bridgehead atoms. The Kier molecular flexibility index (Phi) is 7.02. The topological polar surface area (TPSA) is 81.9 Å². The van der Waals surface area contributed by atoms with Crippen LogP contribution in [0.2, 0.25) is 0 Å². The minimum Gasteiger partial charge on any atom is -0.490 e. The SMILES string of the molecule is CCCCCOc1ccc([C@@H]2c3c(oc4ccccc4c3=O)C(=O)N2c2nc(C)c(C)s2)cc1OCC. The van der Waals surface area contributed by atoms with Gasteiger partial charge in [0.25, 0.3) is 5.91 Å². The van der Waals surface area contributed by atoms with Crippen molar-refractivity contribution in [3.63, 3.8) is 0 Å². The minimum absolute atomic E-state index is 0.0528. The molecule has 5 rings (SSSR count). The summed E-state index contributed by atoms with van der Waals surface area (Å²) in [5.41, 5.74) is 2.05. The van der Waals surface area contributed by atoms with Crippen LogP contribution in [0.4, 0.5) is 5.13 Å². The summed E-state index contributed by atoms with van der Waals surface area (Å²) in [6.45, 7) is 8.99. The number of ether oxygens (including phenoxy) is 2. The second kappa shape index (κ2) is 10.4. The highest BCUT2D eigenvalue weighted by atomic mass is 32.1. The van der Waals surface area contributed by atoms with Crippen molar-refractivity contribution in [2.24, 2.45) is 0 Å². The summed E-state index contributed by atoms with van der Waals surface area (Å²) in [6, 6.07) is 11.9. The van der Waals surface area contributed by atoms with E-state index >= 15 is 0 Å². The fraction of sp³-hybridized carbons (Fsp3) is 0.345. The highest BCUT2D eigenvalue weighted by molar-refractivity contribution is 7.15. The Morgan fingerprint density at radius 3 is 2.57 bits per heavy atom. The Bertz CT molecular complexity index is 1500. The van der Waals surface area contributed by atoms with Crippen molar-refractivity contribution in [1.82, 2.24) is 4.98 Å². The molecule has 2 aromatic carbocycles. The normalized spacial score (nSPS) is 14.9. The molecule has 1 aliphatic heterocycles. The number of unbranched alkanes of at least 4 members (excludes halogenated alkanes) is 2. The Hall–Kier alpha value is -3.65. The maximum Gasteiger partial charge on any atom is 0.297 e.